The average Bonchev–Trinajstić information content (AvgIpc) is 3.37. The summed E-state index contributed by atoms with van der Waals surface area (Å²) in [5.74, 6) is 2.70. The van der Waals surface area contributed by atoms with E-state index < -0.39 is 18.0 Å². The van der Waals surface area contributed by atoms with Crippen LogP contribution in [0.3, 0.4) is 0 Å². The van der Waals surface area contributed by atoms with Gasteiger partial charge in [-0.25, -0.2) is 8.78 Å². The van der Waals surface area contributed by atoms with Gasteiger partial charge in [-0.2, -0.15) is 10.4 Å². The van der Waals surface area contributed by atoms with Crippen molar-refractivity contribution in [1.29, 1.82) is 5.26 Å². The number of nitriles is 1. The largest absolute Gasteiger partial charge is 0.383 e. The molecule has 3 aromatic rings. The summed E-state index contributed by atoms with van der Waals surface area (Å²) in [6.45, 7) is 7.00. The van der Waals surface area contributed by atoms with Crippen molar-refractivity contribution in [3.05, 3.63) is 59.3 Å². The molecule has 0 bridgehead atoms. The van der Waals surface area contributed by atoms with Crippen molar-refractivity contribution in [2.24, 2.45) is 12.5 Å². The van der Waals surface area contributed by atoms with Crippen LogP contribution in [0.2, 0.25) is 0 Å². The molecule has 39 heavy (non-hydrogen) atoms. The number of terminal acetylenes is 1. The highest BCUT2D eigenvalue weighted by atomic mass is 19.3. The van der Waals surface area contributed by atoms with Crippen molar-refractivity contribution in [1.82, 2.24) is 30.7 Å². The third-order valence-electron chi connectivity index (χ3n) is 7.06. The molecule has 1 aliphatic heterocycles. The highest BCUT2D eigenvalue weighted by Crippen LogP contribution is 2.47. The molecule has 202 valence electrons. The van der Waals surface area contributed by atoms with Gasteiger partial charge >= 0.3 is 0 Å². The molecule has 0 amide bonds. The third-order valence-corrected chi connectivity index (χ3v) is 7.06. The van der Waals surface area contributed by atoms with E-state index >= 15 is 0 Å². The van der Waals surface area contributed by atoms with Crippen molar-refractivity contribution in [3.8, 4) is 18.4 Å². The van der Waals surface area contributed by atoms with Crippen LogP contribution in [-0.2, 0) is 7.05 Å². The van der Waals surface area contributed by atoms with Crippen molar-refractivity contribution in [2.75, 3.05) is 17.2 Å². The van der Waals surface area contributed by atoms with E-state index in [0.717, 1.165) is 11.4 Å². The summed E-state index contributed by atoms with van der Waals surface area (Å²) in [5.41, 5.74) is 9.02. The first-order valence-corrected chi connectivity index (χ1v) is 12.7. The Balaban J connectivity index is 1.58. The second-order valence-electron chi connectivity index (χ2n) is 11.2. The highest BCUT2D eigenvalue weighted by molar-refractivity contribution is 5.99. The standard InChI is InChI=1S/C28H31F2N9/c1-6-17-14-32-24-18(13-31)11-19(12-20(24)23(17)33-16-27(2,3)4)35-25(22-7-10-34-38(22)5)21-15-39(37-36-21)28(8-9-28)26(29)30/h1,7,10-12,14-15,25-26,35-37H,8-9,16H2,2-5H3,(H,32,33)/t25-/m1/s1. The molecule has 1 atom stereocenters. The SMILES string of the molecule is C#Cc1cnc2c(C#N)cc(N[C@H](C3=CN(C4(C(F)F)CC4)NN3)c3ccnn3C)cc2c1NCC(C)(C)C. The lowest BCUT2D eigenvalue weighted by Crippen LogP contribution is -2.48. The maximum Gasteiger partial charge on any atom is 0.262 e. The lowest BCUT2D eigenvalue weighted by Gasteiger charge is -2.25. The van der Waals surface area contributed by atoms with Gasteiger partial charge in [0.05, 0.1) is 33.7 Å². The van der Waals surface area contributed by atoms with E-state index in [1.54, 1.807) is 29.3 Å². The monoisotopic (exact) mass is 531 g/mol. The second-order valence-corrected chi connectivity index (χ2v) is 11.2. The minimum atomic E-state index is -2.49. The predicted molar refractivity (Wildman–Crippen MR) is 146 cm³/mol. The Bertz CT molecular complexity index is 1520. The predicted octanol–water partition coefficient (Wildman–Crippen LogP) is 4.40. The quantitative estimate of drug-likeness (QED) is 0.317. The van der Waals surface area contributed by atoms with E-state index in [1.807, 2.05) is 19.2 Å². The van der Waals surface area contributed by atoms with Gasteiger partial charge in [0.15, 0.2) is 0 Å². The number of hydrogen-bond acceptors (Lipinski definition) is 8. The summed E-state index contributed by atoms with van der Waals surface area (Å²) in [4.78, 5) is 4.49. The van der Waals surface area contributed by atoms with Crippen LogP contribution in [0.1, 0.15) is 56.5 Å². The first kappa shape index (κ1) is 26.3. The normalized spacial score (nSPS) is 16.8. The minimum Gasteiger partial charge on any atom is -0.383 e. The molecule has 2 aliphatic rings. The molecule has 0 saturated heterocycles. The van der Waals surface area contributed by atoms with E-state index in [0.29, 0.717) is 52.8 Å². The number of anilines is 2. The zero-order chi connectivity index (χ0) is 27.9. The fraction of sp³-hybridized carbons (Fsp3) is 0.393. The molecule has 1 aliphatic carbocycles. The number of nitrogens with zero attached hydrogens (tertiary/aromatic N) is 5. The summed E-state index contributed by atoms with van der Waals surface area (Å²) >= 11 is 0. The van der Waals surface area contributed by atoms with Gasteiger partial charge in [-0.15, -0.1) is 12.0 Å². The summed E-state index contributed by atoms with van der Waals surface area (Å²) < 4.78 is 29.3. The van der Waals surface area contributed by atoms with E-state index in [1.165, 1.54) is 5.01 Å². The zero-order valence-electron chi connectivity index (χ0n) is 22.3. The summed E-state index contributed by atoms with van der Waals surface area (Å²) in [7, 11) is 1.81. The van der Waals surface area contributed by atoms with E-state index in [4.69, 9.17) is 6.42 Å². The van der Waals surface area contributed by atoms with Crippen molar-refractivity contribution >= 4 is 22.3 Å². The summed E-state index contributed by atoms with van der Waals surface area (Å²) in [5, 5.41) is 23.4. The number of rotatable bonds is 8. The van der Waals surface area contributed by atoms with E-state index in [9.17, 15) is 14.0 Å². The van der Waals surface area contributed by atoms with Crippen LogP contribution in [0, 0.1) is 29.1 Å². The molecule has 11 heteroatoms. The molecule has 0 unspecified atom stereocenters. The number of hydrogen-bond donors (Lipinski definition) is 4. The lowest BCUT2D eigenvalue weighted by atomic mass is 9.96. The Kier molecular flexibility index (Phi) is 6.57. The van der Waals surface area contributed by atoms with Gasteiger partial charge in [0.1, 0.15) is 17.6 Å². The van der Waals surface area contributed by atoms with Crippen molar-refractivity contribution in [3.63, 3.8) is 0 Å². The number of hydrazine groups is 2. The lowest BCUT2D eigenvalue weighted by molar-refractivity contribution is 0.00911. The molecule has 4 N–H and O–H groups in total. The Labute approximate surface area is 226 Å². The molecule has 1 saturated carbocycles. The van der Waals surface area contributed by atoms with E-state index in [2.05, 4.69) is 64.4 Å². The second kappa shape index (κ2) is 9.75. The van der Waals surface area contributed by atoms with Crippen LogP contribution in [-0.4, -0.2) is 38.3 Å². The Hall–Kier alpha value is -4.35. The topological polar surface area (TPSA) is 106 Å². The smallest absolute Gasteiger partial charge is 0.262 e. The number of alkyl halides is 2. The molecular weight excluding hydrogens is 500 g/mol. The van der Waals surface area contributed by atoms with Crippen molar-refractivity contribution < 1.29 is 8.78 Å². The molecule has 1 aromatic carbocycles. The van der Waals surface area contributed by atoms with E-state index in [-0.39, 0.29) is 5.41 Å². The fourth-order valence-electron chi connectivity index (χ4n) is 4.68. The molecular formula is C28H31F2N9. The van der Waals surface area contributed by atoms with Crippen LogP contribution < -0.4 is 21.6 Å². The maximum atomic E-state index is 13.8. The number of aryl methyl sites for hydroxylation is 1. The molecule has 2 aromatic heterocycles. The maximum absolute atomic E-state index is 13.8. The van der Waals surface area contributed by atoms with Crippen LogP contribution >= 0.6 is 0 Å². The van der Waals surface area contributed by atoms with Gasteiger partial charge < -0.3 is 16.1 Å². The molecule has 9 nitrogen and oxygen atoms in total. The van der Waals surface area contributed by atoms with Crippen LogP contribution in [0.15, 0.2) is 42.5 Å². The van der Waals surface area contributed by atoms with Gasteiger partial charge in [0.25, 0.3) is 6.43 Å². The number of halogens is 2. The Morgan fingerprint density at radius 3 is 2.62 bits per heavy atom. The Morgan fingerprint density at radius 2 is 2.03 bits per heavy atom. The minimum absolute atomic E-state index is 0.0172. The van der Waals surface area contributed by atoms with Crippen LogP contribution in [0.25, 0.3) is 10.9 Å². The number of pyridine rings is 1. The number of aromatic nitrogens is 3. The number of fused-ring (bicyclic) bond motifs is 1. The van der Waals surface area contributed by atoms with Crippen molar-refractivity contribution in [2.45, 2.75) is 51.6 Å². The average molecular weight is 532 g/mol. The zero-order valence-corrected chi connectivity index (χ0v) is 22.3. The molecule has 0 radical (unpaired) electrons. The number of nitrogens with one attached hydrogen (secondary N) is 4. The Morgan fingerprint density at radius 1 is 1.26 bits per heavy atom. The van der Waals surface area contributed by atoms with Crippen LogP contribution in [0.4, 0.5) is 20.2 Å². The highest BCUT2D eigenvalue weighted by Gasteiger charge is 2.56. The molecule has 1 fully saturated rings. The van der Waals surface area contributed by atoms with Gasteiger partial charge in [0, 0.05) is 43.3 Å². The first-order chi connectivity index (χ1) is 18.6. The van der Waals surface area contributed by atoms with Crippen LogP contribution in [0.5, 0.6) is 0 Å². The van der Waals surface area contributed by atoms with Gasteiger partial charge in [-0.3, -0.25) is 14.7 Å². The molecule has 5 rings (SSSR count). The molecule has 3 heterocycles. The number of benzene rings is 1. The first-order valence-electron chi connectivity index (χ1n) is 12.7. The molecule has 0 spiro atoms. The van der Waals surface area contributed by atoms with Gasteiger partial charge in [-0.05, 0) is 36.5 Å². The van der Waals surface area contributed by atoms with Gasteiger partial charge in [-0.1, -0.05) is 26.7 Å². The summed E-state index contributed by atoms with van der Waals surface area (Å²) in [6, 6.07) is 7.23. The fourth-order valence-corrected chi connectivity index (χ4v) is 4.68. The van der Waals surface area contributed by atoms with Gasteiger partial charge in [0.2, 0.25) is 0 Å². The third kappa shape index (κ3) is 4.93. The summed E-state index contributed by atoms with van der Waals surface area (Å²) in [6.07, 6.45) is 9.07.